The molecule has 0 bridgehead atoms. The van der Waals surface area contributed by atoms with Gasteiger partial charge in [0.15, 0.2) is 0 Å². The highest BCUT2D eigenvalue weighted by Gasteiger charge is 2.55. The molecule has 2 aromatic heterocycles. The zero-order valence-electron chi connectivity index (χ0n) is 22.4. The Bertz CT molecular complexity index is 1520. The molecule has 1 fully saturated rings. The number of pyridine rings is 1. The van der Waals surface area contributed by atoms with E-state index in [-0.39, 0.29) is 11.3 Å². The summed E-state index contributed by atoms with van der Waals surface area (Å²) in [7, 11) is -4.08. The Balaban J connectivity index is 1.22. The summed E-state index contributed by atoms with van der Waals surface area (Å²) in [6.07, 6.45) is 7.83. The minimum atomic E-state index is -4.08. The molecule has 0 spiro atoms. The molecular formula is C29H35N5O4S. The predicted molar refractivity (Wildman–Crippen MR) is 147 cm³/mol. The van der Waals surface area contributed by atoms with Gasteiger partial charge in [-0.05, 0) is 91.2 Å². The van der Waals surface area contributed by atoms with Gasteiger partial charge < -0.3 is 9.50 Å². The number of aromatic nitrogens is 3. The zero-order chi connectivity index (χ0) is 27.4. The monoisotopic (exact) mass is 549 g/mol. The van der Waals surface area contributed by atoms with Crippen molar-refractivity contribution in [2.24, 2.45) is 17.0 Å². The number of amides is 1. The number of carbonyl (C=O) groups is 1. The van der Waals surface area contributed by atoms with Crippen LogP contribution in [0.4, 0.5) is 0 Å². The van der Waals surface area contributed by atoms with Crippen LogP contribution in [0.5, 0.6) is 5.75 Å². The molecule has 0 radical (unpaired) electrons. The average Bonchev–Trinajstić information content (AvgIpc) is 3.46. The van der Waals surface area contributed by atoms with Crippen molar-refractivity contribution in [3.05, 3.63) is 75.9 Å². The predicted octanol–water partition coefficient (Wildman–Crippen LogP) is 3.49. The summed E-state index contributed by atoms with van der Waals surface area (Å²) in [5.74, 6) is 1.51. The molecule has 39 heavy (non-hydrogen) atoms. The van der Waals surface area contributed by atoms with Crippen molar-refractivity contribution in [1.29, 1.82) is 0 Å². The lowest BCUT2D eigenvalue weighted by Gasteiger charge is -2.49. The highest BCUT2D eigenvalue weighted by atomic mass is 32.2. The summed E-state index contributed by atoms with van der Waals surface area (Å²) in [6.45, 7) is 4.83. The summed E-state index contributed by atoms with van der Waals surface area (Å²) in [6, 6.07) is 9.82. The third kappa shape index (κ3) is 4.63. The molecule has 0 saturated heterocycles. The number of aryl methyl sites for hydroxylation is 2. The molecule has 4 atom stereocenters. The van der Waals surface area contributed by atoms with E-state index in [0.717, 1.165) is 60.2 Å². The van der Waals surface area contributed by atoms with E-state index in [4.69, 9.17) is 14.4 Å². The zero-order valence-corrected chi connectivity index (χ0v) is 23.2. The number of nitrogens with zero attached hydrogens (tertiary/aromatic N) is 2. The molecule has 10 heteroatoms. The molecule has 206 valence electrons. The van der Waals surface area contributed by atoms with Crippen molar-refractivity contribution in [2.45, 2.75) is 70.1 Å². The van der Waals surface area contributed by atoms with Crippen molar-refractivity contribution in [3.8, 4) is 5.75 Å². The smallest absolute Gasteiger partial charge is 0.371 e. The molecule has 6 rings (SSSR count). The highest BCUT2D eigenvalue weighted by Crippen LogP contribution is 2.60. The summed E-state index contributed by atoms with van der Waals surface area (Å²) in [4.78, 5) is 17.5. The summed E-state index contributed by atoms with van der Waals surface area (Å²) in [5.41, 5.74) is 6.91. The molecule has 3 aliphatic rings. The Kier molecular flexibility index (Phi) is 6.50. The maximum atomic E-state index is 13.1. The van der Waals surface area contributed by atoms with Crippen LogP contribution in [0.25, 0.3) is 0 Å². The van der Waals surface area contributed by atoms with Gasteiger partial charge in [0.05, 0.1) is 5.69 Å². The molecule has 0 aliphatic heterocycles. The number of nitrogens with one attached hydrogen (secondary N) is 2. The van der Waals surface area contributed by atoms with Crippen LogP contribution >= 0.6 is 0 Å². The average molecular weight is 550 g/mol. The number of H-pyrrole nitrogens is 1. The lowest BCUT2D eigenvalue weighted by molar-refractivity contribution is 0.0940. The molecule has 4 N–H and O–H groups in total. The van der Waals surface area contributed by atoms with Crippen LogP contribution in [0, 0.1) is 11.8 Å². The molecule has 3 aliphatic carbocycles. The standard InChI is InChI=1S/C29H35N5O4S/c1-3-17-14-22-18(15-25(17)38-39(30,36)37)7-8-21-20(22)9-11-29(2)24(21)16-23-26(33-34-27(23)29)28(35)32-13-10-19-6-4-5-12-31-19/h4-6,12,14-15,20-21,24H,3,7-11,13,16H2,1-2H3,(H,32,35)(H,33,34)(H2,30,36,37). The van der Waals surface area contributed by atoms with E-state index in [1.54, 1.807) is 6.20 Å². The Hall–Kier alpha value is -3.24. The number of carbonyl (C=O) groups excluding carboxylic acids is 1. The summed E-state index contributed by atoms with van der Waals surface area (Å²) in [5, 5.41) is 16.0. The SMILES string of the molecule is CCc1cc2c(cc1OS(N)(=O)=O)CCC1C2CCC2(C)c3n[nH]c(C(=O)NCCc4ccccn4)c3CC12. The van der Waals surface area contributed by atoms with E-state index in [1.165, 1.54) is 5.56 Å². The van der Waals surface area contributed by atoms with Crippen LogP contribution in [0.15, 0.2) is 36.5 Å². The number of hydrogen-bond acceptors (Lipinski definition) is 6. The van der Waals surface area contributed by atoms with Crippen molar-refractivity contribution >= 4 is 16.2 Å². The fraction of sp³-hybridized carbons (Fsp3) is 0.483. The Morgan fingerprint density at radius 1 is 1.28 bits per heavy atom. The second kappa shape index (κ2) is 9.75. The molecule has 9 nitrogen and oxygen atoms in total. The number of rotatable bonds is 7. The number of fused-ring (bicyclic) bond motifs is 7. The van der Waals surface area contributed by atoms with E-state index in [0.29, 0.717) is 48.6 Å². The number of hydrogen-bond donors (Lipinski definition) is 3. The van der Waals surface area contributed by atoms with E-state index in [2.05, 4.69) is 28.4 Å². The maximum Gasteiger partial charge on any atom is 0.380 e. The van der Waals surface area contributed by atoms with E-state index in [1.807, 2.05) is 31.2 Å². The van der Waals surface area contributed by atoms with Gasteiger partial charge in [-0.15, -0.1) is 0 Å². The van der Waals surface area contributed by atoms with Crippen molar-refractivity contribution in [3.63, 3.8) is 0 Å². The molecule has 1 amide bonds. The van der Waals surface area contributed by atoms with Crippen molar-refractivity contribution in [1.82, 2.24) is 20.5 Å². The Morgan fingerprint density at radius 2 is 2.13 bits per heavy atom. The normalized spacial score (nSPS) is 25.3. The van der Waals surface area contributed by atoms with Crippen LogP contribution in [-0.2, 0) is 41.4 Å². The first-order valence-electron chi connectivity index (χ1n) is 13.8. The molecular weight excluding hydrogens is 514 g/mol. The highest BCUT2D eigenvalue weighted by molar-refractivity contribution is 7.84. The van der Waals surface area contributed by atoms with E-state index < -0.39 is 10.3 Å². The topological polar surface area (TPSA) is 140 Å². The van der Waals surface area contributed by atoms with Crippen LogP contribution < -0.4 is 14.6 Å². The summed E-state index contributed by atoms with van der Waals surface area (Å²) < 4.78 is 28.4. The van der Waals surface area contributed by atoms with Gasteiger partial charge in [-0.3, -0.25) is 14.9 Å². The first-order chi connectivity index (χ1) is 18.7. The van der Waals surface area contributed by atoms with Gasteiger partial charge in [0.1, 0.15) is 11.4 Å². The fourth-order valence-electron chi connectivity index (χ4n) is 7.50. The number of nitrogens with two attached hydrogens (primary N) is 1. The largest absolute Gasteiger partial charge is 0.380 e. The maximum absolute atomic E-state index is 13.1. The minimum Gasteiger partial charge on any atom is -0.371 e. The number of aromatic amines is 1. The van der Waals surface area contributed by atoms with Gasteiger partial charge in [0, 0.05) is 35.8 Å². The van der Waals surface area contributed by atoms with Crippen LogP contribution in [0.2, 0.25) is 0 Å². The minimum absolute atomic E-state index is 0.0682. The quantitative estimate of drug-likeness (QED) is 0.412. The molecule has 3 aromatic rings. The van der Waals surface area contributed by atoms with Gasteiger partial charge in [-0.1, -0.05) is 26.0 Å². The molecule has 4 unspecified atom stereocenters. The Morgan fingerprint density at radius 3 is 2.87 bits per heavy atom. The van der Waals surface area contributed by atoms with Crippen LogP contribution in [0.3, 0.4) is 0 Å². The molecule has 2 heterocycles. The van der Waals surface area contributed by atoms with Gasteiger partial charge in [-0.2, -0.15) is 18.7 Å². The Labute approximate surface area is 229 Å². The van der Waals surface area contributed by atoms with Gasteiger partial charge >= 0.3 is 10.3 Å². The molecule has 1 saturated carbocycles. The van der Waals surface area contributed by atoms with Gasteiger partial charge in [-0.25, -0.2) is 0 Å². The van der Waals surface area contributed by atoms with E-state index >= 15 is 0 Å². The number of benzene rings is 1. The third-order valence-corrected chi connectivity index (χ3v) is 9.75. The lowest BCUT2D eigenvalue weighted by Crippen LogP contribution is -2.43. The van der Waals surface area contributed by atoms with E-state index in [9.17, 15) is 13.2 Å². The third-order valence-electron chi connectivity index (χ3n) is 9.33. The van der Waals surface area contributed by atoms with Crippen molar-refractivity contribution in [2.75, 3.05) is 6.54 Å². The van der Waals surface area contributed by atoms with Crippen LogP contribution in [0.1, 0.15) is 83.2 Å². The second-order valence-corrected chi connectivity index (χ2v) is 12.6. The first kappa shape index (κ1) is 26.0. The lowest BCUT2D eigenvalue weighted by atomic mass is 9.55. The van der Waals surface area contributed by atoms with Crippen LogP contribution in [-0.4, -0.2) is 36.1 Å². The summed E-state index contributed by atoms with van der Waals surface area (Å²) >= 11 is 0. The van der Waals surface area contributed by atoms with Gasteiger partial charge in [0.25, 0.3) is 5.91 Å². The van der Waals surface area contributed by atoms with Crippen molar-refractivity contribution < 1.29 is 17.4 Å². The van der Waals surface area contributed by atoms with Gasteiger partial charge in [0.2, 0.25) is 0 Å². The fourth-order valence-corrected chi connectivity index (χ4v) is 7.90. The first-order valence-corrected chi connectivity index (χ1v) is 15.3. The second-order valence-electron chi connectivity index (χ2n) is 11.4. The molecule has 1 aromatic carbocycles.